The molecular formula is C12H9Cl2N3O2S. The summed E-state index contributed by atoms with van der Waals surface area (Å²) in [4.78, 5) is 12.5. The molecular weight excluding hydrogens is 321 g/mol. The molecule has 0 aliphatic heterocycles. The van der Waals surface area contributed by atoms with E-state index in [1.54, 1.807) is 24.3 Å². The first-order valence-corrected chi connectivity index (χ1v) is 6.92. The molecule has 0 aliphatic carbocycles. The number of nitrogens with one attached hydrogen (secondary N) is 1. The fraction of sp³-hybridized carbons (Fsp3) is 0. The van der Waals surface area contributed by atoms with Crippen molar-refractivity contribution in [3.63, 3.8) is 0 Å². The van der Waals surface area contributed by atoms with Crippen LogP contribution < -0.4 is 11.1 Å². The Hall–Kier alpha value is -1.76. The standard InChI is InChI=1S/C12H9Cl2N3O2S/c13-6-1-2-7(11(15)17-19)8(5-6)16-12(18)9-3-4-10(14)20-9/h1-5,19H,(H2,15,17)(H,16,18). The maximum atomic E-state index is 12.1. The summed E-state index contributed by atoms with van der Waals surface area (Å²) in [5.74, 6) is -0.475. The molecule has 104 valence electrons. The highest BCUT2D eigenvalue weighted by Gasteiger charge is 2.13. The van der Waals surface area contributed by atoms with Gasteiger partial charge >= 0.3 is 0 Å². The number of nitrogens with two attached hydrogens (primary N) is 1. The number of benzene rings is 1. The first-order chi connectivity index (χ1) is 9.51. The van der Waals surface area contributed by atoms with Gasteiger partial charge in [-0.1, -0.05) is 28.4 Å². The van der Waals surface area contributed by atoms with Gasteiger partial charge in [-0.25, -0.2) is 0 Å². The molecule has 0 aliphatic rings. The number of rotatable bonds is 3. The fourth-order valence-electron chi connectivity index (χ4n) is 1.52. The van der Waals surface area contributed by atoms with E-state index in [0.29, 0.717) is 25.5 Å². The lowest BCUT2D eigenvalue weighted by molar-refractivity contribution is 0.103. The van der Waals surface area contributed by atoms with Crippen LogP contribution in [-0.2, 0) is 0 Å². The molecule has 1 heterocycles. The summed E-state index contributed by atoms with van der Waals surface area (Å²) in [6.07, 6.45) is 0. The number of thiophene rings is 1. The van der Waals surface area contributed by atoms with Gasteiger partial charge in [0.1, 0.15) is 0 Å². The maximum absolute atomic E-state index is 12.1. The van der Waals surface area contributed by atoms with Gasteiger partial charge in [0.05, 0.1) is 14.9 Å². The second kappa shape index (κ2) is 6.13. The second-order valence-electron chi connectivity index (χ2n) is 3.73. The van der Waals surface area contributed by atoms with E-state index >= 15 is 0 Å². The van der Waals surface area contributed by atoms with Crippen molar-refractivity contribution in [2.75, 3.05) is 5.32 Å². The molecule has 2 aromatic rings. The number of amides is 1. The second-order valence-corrected chi connectivity index (χ2v) is 5.88. The monoisotopic (exact) mass is 329 g/mol. The normalized spacial score (nSPS) is 11.4. The molecule has 0 fully saturated rings. The molecule has 4 N–H and O–H groups in total. The van der Waals surface area contributed by atoms with Crippen LogP contribution in [0.15, 0.2) is 35.5 Å². The number of amidine groups is 1. The van der Waals surface area contributed by atoms with Crippen molar-refractivity contribution >= 4 is 52.0 Å². The van der Waals surface area contributed by atoms with Gasteiger partial charge in [0.2, 0.25) is 0 Å². The number of hydrogen-bond acceptors (Lipinski definition) is 4. The predicted molar refractivity (Wildman–Crippen MR) is 81.2 cm³/mol. The molecule has 1 aromatic heterocycles. The Morgan fingerprint density at radius 2 is 2.05 bits per heavy atom. The van der Waals surface area contributed by atoms with Gasteiger partial charge in [-0.05, 0) is 30.3 Å². The average Bonchev–Trinajstić information content (AvgIpc) is 2.85. The smallest absolute Gasteiger partial charge is 0.265 e. The topological polar surface area (TPSA) is 87.7 Å². The molecule has 1 aromatic carbocycles. The Bertz CT molecular complexity index is 685. The molecule has 0 saturated heterocycles. The molecule has 2 rings (SSSR count). The molecule has 8 heteroatoms. The third-order valence-electron chi connectivity index (χ3n) is 2.41. The van der Waals surface area contributed by atoms with Crippen LogP contribution in [0, 0.1) is 0 Å². The van der Waals surface area contributed by atoms with Gasteiger partial charge in [0, 0.05) is 10.6 Å². The van der Waals surface area contributed by atoms with Gasteiger partial charge in [-0.2, -0.15) is 0 Å². The van der Waals surface area contributed by atoms with E-state index in [1.807, 2.05) is 0 Å². The highest BCUT2D eigenvalue weighted by Crippen LogP contribution is 2.25. The van der Waals surface area contributed by atoms with E-state index in [1.165, 1.54) is 6.07 Å². The third kappa shape index (κ3) is 3.22. The molecule has 5 nitrogen and oxygen atoms in total. The predicted octanol–water partition coefficient (Wildman–Crippen LogP) is 3.40. The summed E-state index contributed by atoms with van der Waals surface area (Å²) in [6, 6.07) is 7.88. The first-order valence-electron chi connectivity index (χ1n) is 5.35. The van der Waals surface area contributed by atoms with Gasteiger partial charge in [0.15, 0.2) is 5.84 Å². The molecule has 0 atom stereocenters. The summed E-state index contributed by atoms with van der Waals surface area (Å²) >= 11 is 12.8. The van der Waals surface area contributed by atoms with Gasteiger partial charge in [0.25, 0.3) is 5.91 Å². The molecule has 0 unspecified atom stereocenters. The van der Waals surface area contributed by atoms with Crippen molar-refractivity contribution in [2.24, 2.45) is 10.9 Å². The maximum Gasteiger partial charge on any atom is 0.265 e. The zero-order valence-electron chi connectivity index (χ0n) is 9.93. The minimum absolute atomic E-state index is 0.124. The Morgan fingerprint density at radius 1 is 1.30 bits per heavy atom. The van der Waals surface area contributed by atoms with Gasteiger partial charge in [-0.15, -0.1) is 11.3 Å². The van der Waals surface area contributed by atoms with Crippen molar-refractivity contribution < 1.29 is 10.0 Å². The van der Waals surface area contributed by atoms with E-state index in [0.717, 1.165) is 11.3 Å². The van der Waals surface area contributed by atoms with Crippen molar-refractivity contribution in [3.8, 4) is 0 Å². The van der Waals surface area contributed by atoms with Gasteiger partial charge in [-0.3, -0.25) is 4.79 Å². The van der Waals surface area contributed by atoms with E-state index in [-0.39, 0.29) is 11.7 Å². The SMILES string of the molecule is NC(=NO)c1ccc(Cl)cc1NC(=O)c1ccc(Cl)s1. The van der Waals surface area contributed by atoms with E-state index < -0.39 is 0 Å². The molecule has 0 radical (unpaired) electrons. The van der Waals surface area contributed by atoms with Crippen LogP contribution in [0.4, 0.5) is 5.69 Å². The molecule has 0 saturated carbocycles. The van der Waals surface area contributed by atoms with E-state index in [9.17, 15) is 4.79 Å². The summed E-state index contributed by atoms with van der Waals surface area (Å²) in [6.45, 7) is 0. The summed E-state index contributed by atoms with van der Waals surface area (Å²) in [5, 5.41) is 14.7. The van der Waals surface area contributed by atoms with Crippen LogP contribution in [0.5, 0.6) is 0 Å². The quantitative estimate of drug-likeness (QED) is 0.349. The number of hydrogen-bond donors (Lipinski definition) is 3. The first kappa shape index (κ1) is 14.6. The molecule has 0 bridgehead atoms. The largest absolute Gasteiger partial charge is 0.409 e. The Morgan fingerprint density at radius 3 is 2.65 bits per heavy atom. The lowest BCUT2D eigenvalue weighted by Gasteiger charge is -2.09. The van der Waals surface area contributed by atoms with E-state index in [4.69, 9.17) is 34.1 Å². The number of carbonyl (C=O) groups excluding carboxylic acids is 1. The van der Waals surface area contributed by atoms with Crippen LogP contribution in [-0.4, -0.2) is 17.0 Å². The number of anilines is 1. The van der Waals surface area contributed by atoms with Crippen LogP contribution in [0.2, 0.25) is 9.36 Å². The number of nitrogens with zero attached hydrogens (tertiary/aromatic N) is 1. The minimum Gasteiger partial charge on any atom is -0.409 e. The Kier molecular flexibility index (Phi) is 4.49. The van der Waals surface area contributed by atoms with Gasteiger partial charge < -0.3 is 16.3 Å². The minimum atomic E-state index is -0.351. The third-order valence-corrected chi connectivity index (χ3v) is 3.88. The fourth-order valence-corrected chi connectivity index (χ4v) is 2.63. The van der Waals surface area contributed by atoms with Crippen molar-refractivity contribution in [1.82, 2.24) is 0 Å². The van der Waals surface area contributed by atoms with E-state index in [2.05, 4.69) is 10.5 Å². The highest BCUT2D eigenvalue weighted by atomic mass is 35.5. The zero-order valence-corrected chi connectivity index (χ0v) is 12.3. The lowest BCUT2D eigenvalue weighted by atomic mass is 10.1. The Labute approximate surface area is 128 Å². The molecule has 0 spiro atoms. The van der Waals surface area contributed by atoms with Crippen molar-refractivity contribution in [2.45, 2.75) is 0 Å². The summed E-state index contributed by atoms with van der Waals surface area (Å²) in [7, 11) is 0. The van der Waals surface area contributed by atoms with Crippen LogP contribution in [0.3, 0.4) is 0 Å². The van der Waals surface area contributed by atoms with Crippen molar-refractivity contribution in [1.29, 1.82) is 0 Å². The zero-order chi connectivity index (χ0) is 14.7. The Balaban J connectivity index is 2.33. The number of oxime groups is 1. The molecule has 20 heavy (non-hydrogen) atoms. The highest BCUT2D eigenvalue weighted by molar-refractivity contribution is 7.18. The average molecular weight is 330 g/mol. The van der Waals surface area contributed by atoms with Crippen molar-refractivity contribution in [3.05, 3.63) is 50.1 Å². The summed E-state index contributed by atoms with van der Waals surface area (Å²) < 4.78 is 0.512. The number of halogens is 2. The van der Waals surface area contributed by atoms with Crippen LogP contribution in [0.25, 0.3) is 0 Å². The molecule has 1 amide bonds. The van der Waals surface area contributed by atoms with Crippen LogP contribution >= 0.6 is 34.5 Å². The lowest BCUT2D eigenvalue weighted by Crippen LogP contribution is -2.18. The number of carbonyl (C=O) groups is 1. The summed E-state index contributed by atoms with van der Waals surface area (Å²) in [5.41, 5.74) is 6.27. The van der Waals surface area contributed by atoms with Crippen LogP contribution in [0.1, 0.15) is 15.2 Å².